The minimum atomic E-state index is 0.00922. The van der Waals surface area contributed by atoms with E-state index in [0.29, 0.717) is 6.42 Å². The molecule has 110 valence electrons. The van der Waals surface area contributed by atoms with Crippen LogP contribution in [0, 0.1) is 0 Å². The van der Waals surface area contributed by atoms with Crippen LogP contribution in [0.15, 0.2) is 24.3 Å². The summed E-state index contributed by atoms with van der Waals surface area (Å²) in [6, 6.07) is 7.94. The molecule has 0 radical (unpaired) electrons. The van der Waals surface area contributed by atoms with E-state index in [-0.39, 0.29) is 5.91 Å². The molecular weight excluding hydrogens is 282 g/mol. The van der Waals surface area contributed by atoms with Gasteiger partial charge in [0.05, 0.1) is 12.1 Å². The average molecular weight is 301 g/mol. The zero-order valence-corrected chi connectivity index (χ0v) is 12.9. The number of rotatable bonds is 4. The van der Waals surface area contributed by atoms with E-state index in [1.165, 1.54) is 4.88 Å². The van der Waals surface area contributed by atoms with Gasteiger partial charge in [-0.3, -0.25) is 4.79 Å². The van der Waals surface area contributed by atoms with E-state index in [0.717, 1.165) is 47.9 Å². The molecule has 0 bridgehead atoms. The van der Waals surface area contributed by atoms with E-state index in [1.807, 2.05) is 24.3 Å². The molecule has 21 heavy (non-hydrogen) atoms. The summed E-state index contributed by atoms with van der Waals surface area (Å²) in [5.74, 6) is 0.00922. The Bertz CT molecular complexity index is 627. The summed E-state index contributed by atoms with van der Waals surface area (Å²) in [7, 11) is 0. The van der Waals surface area contributed by atoms with E-state index in [9.17, 15) is 4.79 Å². The van der Waals surface area contributed by atoms with E-state index >= 15 is 0 Å². The minimum Gasteiger partial charge on any atom is -0.325 e. The molecule has 0 spiro atoms. The van der Waals surface area contributed by atoms with Crippen LogP contribution in [0.3, 0.4) is 0 Å². The zero-order valence-electron chi connectivity index (χ0n) is 12.1. The predicted octanol–water partition coefficient (Wildman–Crippen LogP) is 2.53. The Labute approximate surface area is 128 Å². The van der Waals surface area contributed by atoms with Gasteiger partial charge in [0.15, 0.2) is 0 Å². The van der Waals surface area contributed by atoms with Gasteiger partial charge in [0, 0.05) is 30.1 Å². The quantitative estimate of drug-likeness (QED) is 0.912. The van der Waals surface area contributed by atoms with Crippen LogP contribution < -0.4 is 10.6 Å². The average Bonchev–Trinajstić information content (AvgIpc) is 2.89. The van der Waals surface area contributed by atoms with Crippen molar-refractivity contribution in [2.45, 2.75) is 32.7 Å². The van der Waals surface area contributed by atoms with Crippen LogP contribution in [-0.2, 0) is 30.6 Å². The highest BCUT2D eigenvalue weighted by Gasteiger charge is 2.16. The Balaban J connectivity index is 1.67. The normalized spacial score (nSPS) is 13.8. The molecule has 0 aliphatic carbocycles. The number of hydrogen-bond acceptors (Lipinski definition) is 4. The van der Waals surface area contributed by atoms with Crippen molar-refractivity contribution in [3.05, 3.63) is 45.4 Å². The molecule has 2 heterocycles. The largest absolute Gasteiger partial charge is 0.325 e. The summed E-state index contributed by atoms with van der Waals surface area (Å²) in [4.78, 5) is 18.1. The van der Waals surface area contributed by atoms with Gasteiger partial charge < -0.3 is 10.6 Å². The molecule has 0 saturated heterocycles. The molecule has 2 N–H and O–H groups in total. The van der Waals surface area contributed by atoms with E-state index in [1.54, 1.807) is 11.3 Å². The van der Waals surface area contributed by atoms with Crippen molar-refractivity contribution in [1.29, 1.82) is 0 Å². The van der Waals surface area contributed by atoms with Gasteiger partial charge in [-0.05, 0) is 18.1 Å². The fourth-order valence-corrected chi connectivity index (χ4v) is 3.62. The zero-order chi connectivity index (χ0) is 14.7. The number of fused-ring (bicyclic) bond motifs is 1. The molecule has 2 aromatic rings. The maximum atomic E-state index is 12.2. The van der Waals surface area contributed by atoms with Crippen LogP contribution in [0.4, 0.5) is 5.69 Å². The van der Waals surface area contributed by atoms with Crippen molar-refractivity contribution in [2.75, 3.05) is 11.9 Å². The Morgan fingerprint density at radius 1 is 1.43 bits per heavy atom. The molecular formula is C16H19N3OS. The third-order valence-corrected chi connectivity index (χ3v) is 4.73. The second-order valence-corrected chi connectivity index (χ2v) is 6.31. The summed E-state index contributed by atoms with van der Waals surface area (Å²) in [5.41, 5.74) is 3.23. The molecule has 1 aromatic carbocycles. The van der Waals surface area contributed by atoms with Gasteiger partial charge in [0.2, 0.25) is 5.91 Å². The van der Waals surface area contributed by atoms with Gasteiger partial charge in [0.25, 0.3) is 0 Å². The second-order valence-electron chi connectivity index (χ2n) is 5.14. The Hall–Kier alpha value is -1.72. The number of anilines is 1. The molecule has 0 saturated carbocycles. The summed E-state index contributed by atoms with van der Waals surface area (Å²) >= 11 is 1.65. The van der Waals surface area contributed by atoms with Crippen LogP contribution in [0.2, 0.25) is 0 Å². The summed E-state index contributed by atoms with van der Waals surface area (Å²) in [6.07, 6.45) is 2.23. The third kappa shape index (κ3) is 3.31. The second kappa shape index (κ2) is 6.37. The van der Waals surface area contributed by atoms with Gasteiger partial charge >= 0.3 is 0 Å². The molecule has 0 fully saturated rings. The number of carbonyl (C=O) groups excluding carboxylic acids is 1. The molecule has 4 nitrogen and oxygen atoms in total. The van der Waals surface area contributed by atoms with Crippen LogP contribution in [0.5, 0.6) is 0 Å². The number of nitrogens with one attached hydrogen (secondary N) is 2. The lowest BCUT2D eigenvalue weighted by atomic mass is 10.1. The number of benzene rings is 1. The number of aromatic nitrogens is 1. The first kappa shape index (κ1) is 14.2. The van der Waals surface area contributed by atoms with E-state index < -0.39 is 0 Å². The summed E-state index contributed by atoms with van der Waals surface area (Å²) in [5, 5.41) is 7.25. The van der Waals surface area contributed by atoms with Crippen molar-refractivity contribution < 1.29 is 4.79 Å². The maximum absolute atomic E-state index is 12.2. The number of thiazole rings is 1. The van der Waals surface area contributed by atoms with Gasteiger partial charge in [-0.15, -0.1) is 11.3 Å². The molecule has 1 aliphatic heterocycles. The van der Waals surface area contributed by atoms with E-state index in [4.69, 9.17) is 0 Å². The topological polar surface area (TPSA) is 54.0 Å². The molecule has 1 aliphatic rings. The fraction of sp³-hybridized carbons (Fsp3) is 0.375. The van der Waals surface area contributed by atoms with Crippen molar-refractivity contribution in [1.82, 2.24) is 10.3 Å². The smallest absolute Gasteiger partial charge is 0.231 e. The monoisotopic (exact) mass is 301 g/mol. The predicted molar refractivity (Wildman–Crippen MR) is 85.7 cm³/mol. The van der Waals surface area contributed by atoms with Crippen LogP contribution in [0.1, 0.15) is 28.1 Å². The number of aryl methyl sites for hydroxylation is 1. The lowest BCUT2D eigenvalue weighted by molar-refractivity contribution is -0.115. The molecule has 0 unspecified atom stereocenters. The number of carbonyl (C=O) groups is 1. The summed E-state index contributed by atoms with van der Waals surface area (Å²) in [6.45, 7) is 3.95. The van der Waals surface area contributed by atoms with Crippen molar-refractivity contribution in [2.24, 2.45) is 0 Å². The summed E-state index contributed by atoms with van der Waals surface area (Å²) < 4.78 is 0. The third-order valence-electron chi connectivity index (χ3n) is 3.63. The lowest BCUT2D eigenvalue weighted by Crippen LogP contribution is -2.22. The van der Waals surface area contributed by atoms with Crippen molar-refractivity contribution in [3.8, 4) is 0 Å². The number of amides is 1. The fourth-order valence-electron chi connectivity index (χ4n) is 2.54. The first-order valence-electron chi connectivity index (χ1n) is 7.32. The standard InChI is InChI=1S/C16H19N3OS/c1-2-11-5-3-4-6-12(11)18-15(20)9-16-19-13-7-8-17-10-14(13)21-16/h3-6,17H,2,7-10H2,1H3,(H,18,20). The van der Waals surface area contributed by atoms with Gasteiger partial charge in [0.1, 0.15) is 5.01 Å². The Kier molecular flexibility index (Phi) is 4.31. The van der Waals surface area contributed by atoms with Crippen LogP contribution in [-0.4, -0.2) is 17.4 Å². The first-order valence-corrected chi connectivity index (χ1v) is 8.14. The molecule has 5 heteroatoms. The van der Waals surface area contributed by atoms with Crippen molar-refractivity contribution >= 4 is 22.9 Å². The van der Waals surface area contributed by atoms with Gasteiger partial charge in [-0.2, -0.15) is 0 Å². The first-order chi connectivity index (χ1) is 10.3. The maximum Gasteiger partial charge on any atom is 0.231 e. The molecule has 3 rings (SSSR count). The molecule has 1 aromatic heterocycles. The molecule has 0 atom stereocenters. The molecule has 1 amide bonds. The van der Waals surface area contributed by atoms with E-state index in [2.05, 4.69) is 22.5 Å². The van der Waals surface area contributed by atoms with Gasteiger partial charge in [-0.25, -0.2) is 4.98 Å². The van der Waals surface area contributed by atoms with Gasteiger partial charge in [-0.1, -0.05) is 25.1 Å². The highest BCUT2D eigenvalue weighted by molar-refractivity contribution is 7.11. The SMILES string of the molecule is CCc1ccccc1NC(=O)Cc1nc2c(s1)CNCC2. The van der Waals surface area contributed by atoms with Crippen LogP contribution in [0.25, 0.3) is 0 Å². The lowest BCUT2D eigenvalue weighted by Gasteiger charge is -2.09. The van der Waals surface area contributed by atoms with Crippen molar-refractivity contribution in [3.63, 3.8) is 0 Å². The highest BCUT2D eigenvalue weighted by Crippen LogP contribution is 2.22. The highest BCUT2D eigenvalue weighted by atomic mass is 32.1. The number of nitrogens with zero attached hydrogens (tertiary/aromatic N) is 1. The minimum absolute atomic E-state index is 0.00922. The number of para-hydroxylation sites is 1. The Morgan fingerprint density at radius 2 is 2.29 bits per heavy atom. The van der Waals surface area contributed by atoms with Crippen LogP contribution >= 0.6 is 11.3 Å². The Morgan fingerprint density at radius 3 is 3.10 bits per heavy atom. The number of hydrogen-bond donors (Lipinski definition) is 2.